The van der Waals surface area contributed by atoms with Gasteiger partial charge in [-0.25, -0.2) is 9.37 Å². The number of carbonyl (C=O) groups excluding carboxylic acids is 2. The summed E-state index contributed by atoms with van der Waals surface area (Å²) in [4.78, 5) is 28.4. The molecule has 1 heterocycles. The minimum Gasteiger partial charge on any atom is -0.494 e. The molecule has 0 saturated carbocycles. The smallest absolute Gasteiger partial charge is 0.251 e. The van der Waals surface area contributed by atoms with Crippen LogP contribution in [-0.2, 0) is 11.3 Å². The van der Waals surface area contributed by atoms with Gasteiger partial charge in [0.2, 0.25) is 11.8 Å². The van der Waals surface area contributed by atoms with Crippen LogP contribution in [0.15, 0.2) is 66.9 Å². The van der Waals surface area contributed by atoms with Crippen molar-refractivity contribution in [3.63, 3.8) is 0 Å². The molecule has 2 amide bonds. The Morgan fingerprint density at radius 2 is 1.69 bits per heavy atom. The number of hydrogen-bond donors (Lipinski definition) is 2. The zero-order chi connectivity index (χ0) is 22.8. The molecule has 0 bridgehead atoms. The fourth-order valence-electron chi connectivity index (χ4n) is 2.71. The number of halogens is 1. The summed E-state index contributed by atoms with van der Waals surface area (Å²) in [5.41, 5.74) is 0.949. The molecule has 0 saturated heterocycles. The lowest BCUT2D eigenvalue weighted by Crippen LogP contribution is -2.36. The number of benzene rings is 2. The summed E-state index contributed by atoms with van der Waals surface area (Å²) in [7, 11) is 0. The topological polar surface area (TPSA) is 89.6 Å². The van der Waals surface area contributed by atoms with Gasteiger partial charge in [0.15, 0.2) is 0 Å². The Hall–Kier alpha value is -3.94. The summed E-state index contributed by atoms with van der Waals surface area (Å²) in [6.07, 6.45) is 2.53. The average molecular weight is 437 g/mol. The first-order valence-electron chi connectivity index (χ1n) is 10.2. The Balaban J connectivity index is 1.51. The number of rotatable bonds is 10. The number of nitrogens with zero attached hydrogens (tertiary/aromatic N) is 1. The van der Waals surface area contributed by atoms with E-state index >= 15 is 0 Å². The molecule has 32 heavy (non-hydrogen) atoms. The van der Waals surface area contributed by atoms with E-state index in [4.69, 9.17) is 9.47 Å². The van der Waals surface area contributed by atoms with Crippen molar-refractivity contribution in [2.45, 2.75) is 19.9 Å². The molecule has 2 aromatic carbocycles. The highest BCUT2D eigenvalue weighted by Gasteiger charge is 2.11. The quantitative estimate of drug-likeness (QED) is 0.503. The first-order valence-corrected chi connectivity index (χ1v) is 10.2. The Labute approximate surface area is 185 Å². The minimum atomic E-state index is -0.461. The Morgan fingerprint density at radius 1 is 0.969 bits per heavy atom. The van der Waals surface area contributed by atoms with E-state index in [1.165, 1.54) is 24.3 Å². The molecular formula is C24H24FN3O4. The van der Waals surface area contributed by atoms with Crippen LogP contribution in [0.5, 0.6) is 17.4 Å². The van der Waals surface area contributed by atoms with E-state index in [0.29, 0.717) is 23.8 Å². The third-order valence-electron chi connectivity index (χ3n) is 4.35. The highest BCUT2D eigenvalue weighted by Crippen LogP contribution is 2.25. The second-order valence-electron chi connectivity index (χ2n) is 6.86. The van der Waals surface area contributed by atoms with Gasteiger partial charge in [0, 0.05) is 23.9 Å². The van der Waals surface area contributed by atoms with E-state index in [2.05, 4.69) is 15.6 Å². The van der Waals surface area contributed by atoms with E-state index in [0.717, 1.165) is 12.2 Å². The molecule has 0 fully saturated rings. The van der Waals surface area contributed by atoms with Crippen LogP contribution < -0.4 is 20.1 Å². The molecule has 0 spiro atoms. The molecule has 0 atom stereocenters. The number of hydrogen-bond acceptors (Lipinski definition) is 5. The molecule has 2 N–H and O–H groups in total. The first kappa shape index (κ1) is 22.7. The first-order chi connectivity index (χ1) is 15.5. The summed E-state index contributed by atoms with van der Waals surface area (Å²) in [5.74, 6) is 0.437. The molecule has 0 aliphatic rings. The number of nitrogens with one attached hydrogen (secondary N) is 2. The second kappa shape index (κ2) is 11.5. The van der Waals surface area contributed by atoms with Crippen molar-refractivity contribution in [1.82, 2.24) is 15.6 Å². The normalized spacial score (nSPS) is 10.3. The summed E-state index contributed by atoms with van der Waals surface area (Å²) < 4.78 is 24.3. The van der Waals surface area contributed by atoms with Crippen LogP contribution in [0.1, 0.15) is 29.3 Å². The Morgan fingerprint density at radius 3 is 2.41 bits per heavy atom. The van der Waals surface area contributed by atoms with Crippen molar-refractivity contribution in [1.29, 1.82) is 0 Å². The highest BCUT2D eigenvalue weighted by molar-refractivity contribution is 5.96. The summed E-state index contributed by atoms with van der Waals surface area (Å²) in [6.45, 7) is 2.64. The van der Waals surface area contributed by atoms with Gasteiger partial charge in [-0.05, 0) is 61.0 Å². The zero-order valence-electron chi connectivity index (χ0n) is 17.6. The van der Waals surface area contributed by atoms with Crippen molar-refractivity contribution in [2.24, 2.45) is 0 Å². The standard InChI is InChI=1S/C24H24FN3O4/c1-2-14-31-20-9-11-21(12-10-20)32-24-18(4-3-13-26-24)15-27-22(29)16-28-23(30)17-5-7-19(25)8-6-17/h3-13H,2,14-16H2,1H3,(H,27,29)(H,28,30). The fourth-order valence-corrected chi connectivity index (χ4v) is 2.71. The van der Waals surface area contributed by atoms with Gasteiger partial charge in [-0.15, -0.1) is 0 Å². The lowest BCUT2D eigenvalue weighted by atomic mass is 10.2. The lowest BCUT2D eigenvalue weighted by molar-refractivity contribution is -0.120. The maximum Gasteiger partial charge on any atom is 0.251 e. The molecule has 0 unspecified atom stereocenters. The van der Waals surface area contributed by atoms with Gasteiger partial charge in [0.1, 0.15) is 17.3 Å². The van der Waals surface area contributed by atoms with E-state index in [9.17, 15) is 14.0 Å². The third-order valence-corrected chi connectivity index (χ3v) is 4.35. The van der Waals surface area contributed by atoms with Gasteiger partial charge < -0.3 is 20.1 Å². The largest absolute Gasteiger partial charge is 0.494 e. The van der Waals surface area contributed by atoms with Crippen molar-refractivity contribution >= 4 is 11.8 Å². The number of ether oxygens (including phenoxy) is 2. The molecule has 0 radical (unpaired) electrons. The molecule has 3 rings (SSSR count). The van der Waals surface area contributed by atoms with Gasteiger partial charge in [0.25, 0.3) is 5.91 Å². The van der Waals surface area contributed by atoms with E-state index < -0.39 is 11.7 Å². The number of aromatic nitrogens is 1. The van der Waals surface area contributed by atoms with Crippen molar-refractivity contribution < 1.29 is 23.5 Å². The molecule has 7 nitrogen and oxygen atoms in total. The number of carbonyl (C=O) groups is 2. The maximum absolute atomic E-state index is 12.9. The van der Waals surface area contributed by atoms with Crippen molar-refractivity contribution in [3.8, 4) is 17.4 Å². The van der Waals surface area contributed by atoms with Gasteiger partial charge in [-0.2, -0.15) is 0 Å². The van der Waals surface area contributed by atoms with E-state index in [1.54, 1.807) is 30.5 Å². The van der Waals surface area contributed by atoms with Gasteiger partial charge >= 0.3 is 0 Å². The summed E-state index contributed by atoms with van der Waals surface area (Å²) >= 11 is 0. The SMILES string of the molecule is CCCOc1ccc(Oc2ncccc2CNC(=O)CNC(=O)c2ccc(F)cc2)cc1. The van der Waals surface area contributed by atoms with Crippen molar-refractivity contribution in [3.05, 3.63) is 83.8 Å². The third kappa shape index (κ3) is 6.80. The molecular weight excluding hydrogens is 413 g/mol. The Kier molecular flexibility index (Phi) is 8.14. The molecule has 0 aliphatic heterocycles. The maximum atomic E-state index is 12.9. The minimum absolute atomic E-state index is 0.173. The number of pyridine rings is 1. The number of amides is 2. The van der Waals surface area contributed by atoms with Crippen LogP contribution in [0.2, 0.25) is 0 Å². The van der Waals surface area contributed by atoms with E-state index in [-0.39, 0.29) is 24.6 Å². The van der Waals surface area contributed by atoms with Crippen LogP contribution >= 0.6 is 0 Å². The van der Waals surface area contributed by atoms with Crippen LogP contribution in [0.25, 0.3) is 0 Å². The fraction of sp³-hybridized carbons (Fsp3) is 0.208. The molecule has 1 aromatic heterocycles. The predicted octanol–water partition coefficient (Wildman–Crippen LogP) is 3.85. The molecule has 8 heteroatoms. The zero-order valence-corrected chi connectivity index (χ0v) is 17.6. The average Bonchev–Trinajstić information content (AvgIpc) is 2.82. The van der Waals surface area contributed by atoms with Crippen LogP contribution in [-0.4, -0.2) is 29.9 Å². The molecule has 0 aliphatic carbocycles. The van der Waals surface area contributed by atoms with E-state index in [1.807, 2.05) is 19.1 Å². The van der Waals surface area contributed by atoms with Crippen LogP contribution in [0.4, 0.5) is 4.39 Å². The highest BCUT2D eigenvalue weighted by atomic mass is 19.1. The van der Waals surface area contributed by atoms with Crippen LogP contribution in [0.3, 0.4) is 0 Å². The van der Waals surface area contributed by atoms with Crippen molar-refractivity contribution in [2.75, 3.05) is 13.2 Å². The summed E-state index contributed by atoms with van der Waals surface area (Å²) in [6, 6.07) is 15.8. The van der Waals surface area contributed by atoms with Gasteiger partial charge in [-0.3, -0.25) is 9.59 Å². The Bertz CT molecular complexity index is 1040. The second-order valence-corrected chi connectivity index (χ2v) is 6.86. The lowest BCUT2D eigenvalue weighted by Gasteiger charge is -2.12. The van der Waals surface area contributed by atoms with Crippen LogP contribution in [0, 0.1) is 5.82 Å². The molecule has 3 aromatic rings. The predicted molar refractivity (Wildman–Crippen MR) is 117 cm³/mol. The monoisotopic (exact) mass is 437 g/mol. The summed E-state index contributed by atoms with van der Waals surface area (Å²) in [5, 5.41) is 5.22. The molecule has 166 valence electrons. The van der Waals surface area contributed by atoms with Gasteiger partial charge in [0.05, 0.1) is 13.2 Å². The van der Waals surface area contributed by atoms with Gasteiger partial charge in [-0.1, -0.05) is 13.0 Å².